The van der Waals surface area contributed by atoms with Crippen LogP contribution in [0.1, 0.15) is 47.8 Å². The Morgan fingerprint density at radius 1 is 1.14 bits per heavy atom. The summed E-state index contributed by atoms with van der Waals surface area (Å²) in [6.45, 7) is 6.49. The Kier molecular flexibility index (Phi) is 8.20. The summed E-state index contributed by atoms with van der Waals surface area (Å²) < 4.78 is 0. The molecule has 2 N–H and O–H groups in total. The van der Waals surface area contributed by atoms with E-state index in [2.05, 4.69) is 27.0 Å². The highest BCUT2D eigenvalue weighted by Gasteiger charge is 2.24. The van der Waals surface area contributed by atoms with E-state index in [9.17, 15) is 9.59 Å². The molecule has 2 amide bonds. The van der Waals surface area contributed by atoms with Crippen molar-refractivity contribution in [1.29, 1.82) is 0 Å². The van der Waals surface area contributed by atoms with Gasteiger partial charge in [-0.25, -0.2) is 0 Å². The summed E-state index contributed by atoms with van der Waals surface area (Å²) in [6, 6.07) is 9.04. The number of aryl methyl sites for hydroxylation is 1. The van der Waals surface area contributed by atoms with Crippen LogP contribution in [-0.2, 0) is 4.79 Å². The Morgan fingerprint density at radius 3 is 2.43 bits per heavy atom. The summed E-state index contributed by atoms with van der Waals surface area (Å²) in [5.74, 6) is -0.0620. The molecule has 6 heteroatoms. The van der Waals surface area contributed by atoms with Crippen molar-refractivity contribution >= 4 is 23.2 Å². The number of carbonyl (C=O) groups is 2. The molecular formula is C22H31N3O2S. The van der Waals surface area contributed by atoms with E-state index in [1.807, 2.05) is 58.4 Å². The second-order valence-corrected chi connectivity index (χ2v) is 8.53. The molecule has 2 atom stereocenters. The van der Waals surface area contributed by atoms with E-state index in [0.717, 1.165) is 5.56 Å². The highest BCUT2D eigenvalue weighted by Crippen LogP contribution is 2.20. The van der Waals surface area contributed by atoms with Crippen molar-refractivity contribution in [1.82, 2.24) is 15.5 Å². The topological polar surface area (TPSA) is 61.4 Å². The summed E-state index contributed by atoms with van der Waals surface area (Å²) in [5, 5.41) is 10.1. The van der Waals surface area contributed by atoms with Crippen LogP contribution in [0.25, 0.3) is 0 Å². The molecule has 1 heterocycles. The van der Waals surface area contributed by atoms with Crippen LogP contribution in [0.3, 0.4) is 0 Å². The van der Waals surface area contributed by atoms with Crippen molar-refractivity contribution in [3.63, 3.8) is 0 Å². The average Bonchev–Trinajstić information content (AvgIpc) is 3.15. The number of nitrogens with zero attached hydrogens (tertiary/aromatic N) is 1. The molecule has 2 rings (SSSR count). The molecule has 1 aromatic heterocycles. The molecule has 0 radical (unpaired) electrons. The molecule has 0 spiro atoms. The van der Waals surface area contributed by atoms with Crippen molar-refractivity contribution in [2.24, 2.45) is 5.92 Å². The summed E-state index contributed by atoms with van der Waals surface area (Å²) in [7, 11) is 4.00. The van der Waals surface area contributed by atoms with Crippen molar-refractivity contribution in [3.8, 4) is 0 Å². The average molecular weight is 402 g/mol. The van der Waals surface area contributed by atoms with E-state index >= 15 is 0 Å². The first kappa shape index (κ1) is 22.1. The molecule has 28 heavy (non-hydrogen) atoms. The van der Waals surface area contributed by atoms with Gasteiger partial charge < -0.3 is 15.5 Å². The standard InChI is InChI=1S/C22H31N3O2S/c1-15(2)12-19(24-21(26)18-9-7-6-8-16(18)3)22(27)23-13-20(25(4)5)17-10-11-28-14-17/h6-11,14-15,19-20H,12-13H2,1-5H3,(H,23,27)(H,24,26). The molecule has 1 aromatic carbocycles. The zero-order chi connectivity index (χ0) is 20.7. The minimum absolute atomic E-state index is 0.0990. The van der Waals surface area contributed by atoms with Crippen LogP contribution in [0.4, 0.5) is 0 Å². The summed E-state index contributed by atoms with van der Waals surface area (Å²) in [6.07, 6.45) is 0.592. The summed E-state index contributed by atoms with van der Waals surface area (Å²) in [4.78, 5) is 27.7. The van der Waals surface area contributed by atoms with Crippen molar-refractivity contribution < 1.29 is 9.59 Å². The van der Waals surface area contributed by atoms with Crippen molar-refractivity contribution in [2.75, 3.05) is 20.6 Å². The minimum Gasteiger partial charge on any atom is -0.352 e. The Bertz CT molecular complexity index is 772. The van der Waals surface area contributed by atoms with Gasteiger partial charge in [0.1, 0.15) is 6.04 Å². The Morgan fingerprint density at radius 2 is 1.86 bits per heavy atom. The molecule has 152 valence electrons. The maximum Gasteiger partial charge on any atom is 0.252 e. The summed E-state index contributed by atoms with van der Waals surface area (Å²) in [5.41, 5.74) is 2.68. The third kappa shape index (κ3) is 6.17. The zero-order valence-corrected chi connectivity index (χ0v) is 18.2. The minimum atomic E-state index is -0.558. The van der Waals surface area contributed by atoms with Crippen molar-refractivity contribution in [3.05, 3.63) is 57.8 Å². The summed E-state index contributed by atoms with van der Waals surface area (Å²) >= 11 is 1.65. The molecule has 0 aliphatic rings. The number of hydrogen-bond acceptors (Lipinski definition) is 4. The van der Waals surface area contributed by atoms with Gasteiger partial charge >= 0.3 is 0 Å². The highest BCUT2D eigenvalue weighted by molar-refractivity contribution is 7.07. The van der Waals surface area contributed by atoms with Gasteiger partial charge in [-0.2, -0.15) is 11.3 Å². The number of carbonyl (C=O) groups excluding carboxylic acids is 2. The van der Waals surface area contributed by atoms with E-state index in [1.54, 1.807) is 17.4 Å². The number of amides is 2. The highest BCUT2D eigenvalue weighted by atomic mass is 32.1. The number of hydrogen-bond donors (Lipinski definition) is 2. The number of thiophene rings is 1. The lowest BCUT2D eigenvalue weighted by Gasteiger charge is -2.26. The molecular weight excluding hydrogens is 370 g/mol. The predicted octanol–water partition coefficient (Wildman–Crippen LogP) is 3.62. The third-order valence-electron chi connectivity index (χ3n) is 4.74. The third-order valence-corrected chi connectivity index (χ3v) is 5.44. The van der Waals surface area contributed by atoms with E-state index in [4.69, 9.17) is 0 Å². The molecule has 0 fully saturated rings. The van der Waals surface area contributed by atoms with Gasteiger partial charge in [-0.05, 0) is 67.4 Å². The quantitative estimate of drug-likeness (QED) is 0.675. The first-order chi connectivity index (χ1) is 13.3. The fourth-order valence-corrected chi connectivity index (χ4v) is 3.86. The van der Waals surface area contributed by atoms with Gasteiger partial charge in [0.05, 0.1) is 6.04 Å². The molecule has 0 saturated heterocycles. The van der Waals surface area contributed by atoms with Crippen molar-refractivity contribution in [2.45, 2.75) is 39.3 Å². The van der Waals surface area contributed by atoms with E-state index < -0.39 is 6.04 Å². The molecule has 2 aromatic rings. The second kappa shape index (κ2) is 10.4. The predicted molar refractivity (Wildman–Crippen MR) is 116 cm³/mol. The van der Waals surface area contributed by atoms with E-state index in [1.165, 1.54) is 5.56 Å². The Hall–Kier alpha value is -2.18. The Labute approximate surface area is 172 Å². The van der Waals surface area contributed by atoms with Crippen LogP contribution in [0.2, 0.25) is 0 Å². The van der Waals surface area contributed by atoms with Gasteiger partial charge in [-0.15, -0.1) is 0 Å². The van der Waals surface area contributed by atoms with Crippen LogP contribution >= 0.6 is 11.3 Å². The zero-order valence-electron chi connectivity index (χ0n) is 17.4. The molecule has 2 unspecified atom stereocenters. The number of likely N-dealkylation sites (N-methyl/N-ethyl adjacent to an activating group) is 1. The normalized spacial score (nSPS) is 13.4. The Balaban J connectivity index is 2.06. The van der Waals surface area contributed by atoms with Crippen LogP contribution in [0.15, 0.2) is 41.1 Å². The van der Waals surface area contributed by atoms with E-state index in [0.29, 0.717) is 18.5 Å². The lowest BCUT2D eigenvalue weighted by Crippen LogP contribution is -2.49. The molecule has 0 bridgehead atoms. The van der Waals surface area contributed by atoms with E-state index in [-0.39, 0.29) is 23.8 Å². The second-order valence-electron chi connectivity index (χ2n) is 7.75. The monoisotopic (exact) mass is 401 g/mol. The lowest BCUT2D eigenvalue weighted by atomic mass is 10.0. The fourth-order valence-electron chi connectivity index (χ4n) is 3.15. The van der Waals surface area contributed by atoms with Crippen LogP contribution in [0.5, 0.6) is 0 Å². The number of rotatable bonds is 9. The van der Waals surface area contributed by atoms with Crippen LogP contribution in [0, 0.1) is 12.8 Å². The largest absolute Gasteiger partial charge is 0.352 e. The number of benzene rings is 1. The van der Waals surface area contributed by atoms with Gasteiger partial charge in [-0.1, -0.05) is 32.0 Å². The lowest BCUT2D eigenvalue weighted by molar-refractivity contribution is -0.123. The maximum atomic E-state index is 12.9. The molecule has 0 aliphatic carbocycles. The molecule has 5 nitrogen and oxygen atoms in total. The van der Waals surface area contributed by atoms with Gasteiger partial charge in [0, 0.05) is 12.1 Å². The van der Waals surface area contributed by atoms with Gasteiger partial charge in [-0.3, -0.25) is 9.59 Å². The van der Waals surface area contributed by atoms with Gasteiger partial charge in [0.2, 0.25) is 5.91 Å². The molecule has 0 saturated carbocycles. The first-order valence-corrected chi connectivity index (χ1v) is 10.6. The SMILES string of the molecule is Cc1ccccc1C(=O)NC(CC(C)C)C(=O)NCC(c1ccsc1)N(C)C. The van der Waals surface area contributed by atoms with Crippen LogP contribution in [-0.4, -0.2) is 43.4 Å². The van der Waals surface area contributed by atoms with Gasteiger partial charge in [0.15, 0.2) is 0 Å². The fraction of sp³-hybridized carbons (Fsp3) is 0.455. The van der Waals surface area contributed by atoms with Gasteiger partial charge in [0.25, 0.3) is 5.91 Å². The van der Waals surface area contributed by atoms with Crippen LogP contribution < -0.4 is 10.6 Å². The number of nitrogens with one attached hydrogen (secondary N) is 2. The first-order valence-electron chi connectivity index (χ1n) is 9.62. The maximum absolute atomic E-state index is 12.9. The molecule has 0 aliphatic heterocycles. The smallest absolute Gasteiger partial charge is 0.252 e.